The van der Waals surface area contributed by atoms with Gasteiger partial charge in [0.25, 0.3) is 0 Å². The summed E-state index contributed by atoms with van der Waals surface area (Å²) in [5.41, 5.74) is 2.34. The third-order valence-electron chi connectivity index (χ3n) is 5.59. The molecular weight excluding hydrogens is 435 g/mol. The van der Waals surface area contributed by atoms with Gasteiger partial charge in [-0.1, -0.05) is 25.1 Å². The second kappa shape index (κ2) is 10.6. The maximum atomic E-state index is 13.2. The lowest BCUT2D eigenvalue weighted by atomic mass is 10.0. The summed E-state index contributed by atoms with van der Waals surface area (Å²) < 4.78 is 18.5. The van der Waals surface area contributed by atoms with E-state index in [1.54, 1.807) is 39.0 Å². The van der Waals surface area contributed by atoms with Crippen LogP contribution in [0.25, 0.3) is 11.1 Å². The maximum Gasteiger partial charge on any atom is 0.408 e. The third-order valence-corrected chi connectivity index (χ3v) is 5.59. The third kappa shape index (κ3) is 6.47. The fourth-order valence-corrected chi connectivity index (χ4v) is 3.92. The van der Waals surface area contributed by atoms with Crippen molar-refractivity contribution >= 4 is 17.7 Å². The van der Waals surface area contributed by atoms with Crippen molar-refractivity contribution in [2.45, 2.75) is 58.2 Å². The van der Waals surface area contributed by atoms with E-state index in [1.165, 1.54) is 12.1 Å². The molecule has 1 aliphatic rings. The average molecular weight is 467 g/mol. The molecular formula is C26H31FN4O3. The number of hydrogen-bond acceptors (Lipinski definition) is 5. The van der Waals surface area contributed by atoms with Gasteiger partial charge in [-0.15, -0.1) is 0 Å². The summed E-state index contributed by atoms with van der Waals surface area (Å²) in [6.45, 7) is 8.36. The number of halogens is 1. The minimum atomic E-state index is -0.687. The van der Waals surface area contributed by atoms with Gasteiger partial charge < -0.3 is 20.3 Å². The van der Waals surface area contributed by atoms with Crippen LogP contribution in [0.4, 0.5) is 14.9 Å². The number of amides is 2. The molecule has 7 nitrogen and oxygen atoms in total. The molecule has 2 N–H and O–H groups in total. The molecule has 1 saturated heterocycles. The Morgan fingerprint density at radius 1 is 1.21 bits per heavy atom. The van der Waals surface area contributed by atoms with Gasteiger partial charge >= 0.3 is 6.09 Å². The standard InChI is InChI=1S/C26H31FN4O3/c1-5-22(30-25(33)34-26(2,3)4)24(32)29-21-12-13-31(16-21)23-11-8-18(14-19(23)15-28)17-6-9-20(27)10-7-17/h6-11,14,21-22H,5,12-13,16H2,1-4H3,(H,29,32)(H,30,33)/t21-,22-/m0/s1. The van der Waals surface area contributed by atoms with Gasteiger partial charge in [0.1, 0.15) is 23.5 Å². The first-order valence-corrected chi connectivity index (χ1v) is 11.4. The molecule has 0 aliphatic carbocycles. The summed E-state index contributed by atoms with van der Waals surface area (Å²) in [5.74, 6) is -0.565. The molecule has 180 valence electrons. The van der Waals surface area contributed by atoms with Crippen LogP contribution in [0.15, 0.2) is 42.5 Å². The number of alkyl carbamates (subject to hydrolysis) is 1. The molecule has 2 amide bonds. The van der Waals surface area contributed by atoms with Gasteiger partial charge in [0.15, 0.2) is 0 Å². The van der Waals surface area contributed by atoms with Crippen LogP contribution in [-0.4, -0.2) is 42.8 Å². The lowest BCUT2D eigenvalue weighted by molar-refractivity contribution is -0.123. The van der Waals surface area contributed by atoms with Crippen LogP contribution < -0.4 is 15.5 Å². The summed E-state index contributed by atoms with van der Waals surface area (Å²) in [4.78, 5) is 26.9. The van der Waals surface area contributed by atoms with Crippen LogP contribution >= 0.6 is 0 Å². The highest BCUT2D eigenvalue weighted by Crippen LogP contribution is 2.29. The molecule has 0 unspecified atom stereocenters. The summed E-state index contributed by atoms with van der Waals surface area (Å²) in [5, 5.41) is 15.4. The Hall–Kier alpha value is -3.60. The Morgan fingerprint density at radius 3 is 2.50 bits per heavy atom. The van der Waals surface area contributed by atoms with Gasteiger partial charge in [0.2, 0.25) is 5.91 Å². The van der Waals surface area contributed by atoms with Crippen molar-refractivity contribution < 1.29 is 18.7 Å². The normalized spacial score (nSPS) is 16.5. The van der Waals surface area contributed by atoms with E-state index in [9.17, 15) is 19.2 Å². The lowest BCUT2D eigenvalue weighted by Crippen LogP contribution is -2.50. The second-order valence-corrected chi connectivity index (χ2v) is 9.40. The van der Waals surface area contributed by atoms with Gasteiger partial charge in [-0.3, -0.25) is 4.79 Å². The molecule has 0 saturated carbocycles. The molecule has 1 heterocycles. The quantitative estimate of drug-likeness (QED) is 0.660. The minimum absolute atomic E-state index is 0.106. The molecule has 34 heavy (non-hydrogen) atoms. The van der Waals surface area contributed by atoms with E-state index in [4.69, 9.17) is 4.74 Å². The van der Waals surface area contributed by atoms with Crippen LogP contribution in [0.1, 0.15) is 46.1 Å². The number of ether oxygens (including phenoxy) is 1. The highest BCUT2D eigenvalue weighted by molar-refractivity contribution is 5.86. The molecule has 2 aromatic rings. The first-order chi connectivity index (χ1) is 16.1. The number of carbonyl (C=O) groups is 2. The van der Waals surface area contributed by atoms with Crippen LogP contribution in [0.3, 0.4) is 0 Å². The Balaban J connectivity index is 1.63. The zero-order valence-corrected chi connectivity index (χ0v) is 20.0. The van der Waals surface area contributed by atoms with Gasteiger partial charge in [-0.2, -0.15) is 5.26 Å². The van der Waals surface area contributed by atoms with Crippen molar-refractivity contribution in [3.8, 4) is 17.2 Å². The monoisotopic (exact) mass is 466 g/mol. The number of nitrogens with zero attached hydrogens (tertiary/aromatic N) is 2. The van der Waals surface area contributed by atoms with E-state index in [1.807, 2.05) is 19.1 Å². The largest absolute Gasteiger partial charge is 0.444 e. The fraction of sp³-hybridized carbons (Fsp3) is 0.423. The Kier molecular flexibility index (Phi) is 7.77. The summed E-state index contributed by atoms with van der Waals surface area (Å²) in [7, 11) is 0. The zero-order valence-electron chi connectivity index (χ0n) is 20.0. The highest BCUT2D eigenvalue weighted by atomic mass is 19.1. The molecule has 0 bridgehead atoms. The molecule has 1 aliphatic heterocycles. The SMILES string of the molecule is CC[C@H](NC(=O)OC(C)(C)C)C(=O)N[C@H]1CCN(c2ccc(-c3ccc(F)cc3)cc2C#N)C1. The van der Waals surface area contributed by atoms with E-state index < -0.39 is 17.7 Å². The molecule has 0 aromatic heterocycles. The molecule has 2 atom stereocenters. The van der Waals surface area contributed by atoms with Crippen molar-refractivity contribution in [1.82, 2.24) is 10.6 Å². The number of anilines is 1. The molecule has 3 rings (SSSR count). The van der Waals surface area contributed by atoms with Crippen molar-refractivity contribution in [3.63, 3.8) is 0 Å². The zero-order chi connectivity index (χ0) is 24.9. The smallest absolute Gasteiger partial charge is 0.408 e. The van der Waals surface area contributed by atoms with Crippen molar-refractivity contribution in [2.24, 2.45) is 0 Å². The number of rotatable bonds is 6. The van der Waals surface area contributed by atoms with Crippen LogP contribution in [-0.2, 0) is 9.53 Å². The lowest BCUT2D eigenvalue weighted by Gasteiger charge is -2.24. The minimum Gasteiger partial charge on any atom is -0.444 e. The number of carbonyl (C=O) groups excluding carboxylic acids is 2. The Labute approximate surface area is 199 Å². The van der Waals surface area contributed by atoms with Gasteiger partial charge in [-0.25, -0.2) is 9.18 Å². The first kappa shape index (κ1) is 25.0. The van der Waals surface area contributed by atoms with E-state index in [-0.39, 0.29) is 17.8 Å². The molecule has 1 fully saturated rings. The van der Waals surface area contributed by atoms with E-state index in [0.29, 0.717) is 25.1 Å². The number of nitrogens with one attached hydrogen (secondary N) is 2. The molecule has 0 radical (unpaired) electrons. The van der Waals surface area contributed by atoms with Crippen LogP contribution in [0.2, 0.25) is 0 Å². The van der Waals surface area contributed by atoms with Crippen LogP contribution in [0, 0.1) is 17.1 Å². The average Bonchev–Trinajstić information content (AvgIpc) is 3.24. The molecule has 2 aromatic carbocycles. The second-order valence-electron chi connectivity index (χ2n) is 9.40. The number of nitriles is 1. The predicted molar refractivity (Wildman–Crippen MR) is 129 cm³/mol. The van der Waals surface area contributed by atoms with E-state index in [2.05, 4.69) is 21.6 Å². The highest BCUT2D eigenvalue weighted by Gasteiger charge is 2.29. The van der Waals surface area contributed by atoms with Crippen molar-refractivity contribution in [1.29, 1.82) is 5.26 Å². The first-order valence-electron chi connectivity index (χ1n) is 11.4. The van der Waals surface area contributed by atoms with E-state index >= 15 is 0 Å². The molecule has 0 spiro atoms. The predicted octanol–water partition coefficient (Wildman–Crippen LogP) is 4.36. The van der Waals surface area contributed by atoms with E-state index in [0.717, 1.165) is 23.2 Å². The summed E-state index contributed by atoms with van der Waals surface area (Å²) in [6.07, 6.45) is 0.534. The maximum absolute atomic E-state index is 13.2. The van der Waals surface area contributed by atoms with Crippen LogP contribution in [0.5, 0.6) is 0 Å². The molecule has 8 heteroatoms. The van der Waals surface area contributed by atoms with Gasteiger partial charge in [0.05, 0.1) is 11.3 Å². The fourth-order valence-electron chi connectivity index (χ4n) is 3.92. The summed E-state index contributed by atoms with van der Waals surface area (Å²) in [6, 6.07) is 13.2. The van der Waals surface area contributed by atoms with Gasteiger partial charge in [0, 0.05) is 19.1 Å². The summed E-state index contributed by atoms with van der Waals surface area (Å²) >= 11 is 0. The Bertz CT molecular complexity index is 1070. The topological polar surface area (TPSA) is 94.5 Å². The number of hydrogen-bond donors (Lipinski definition) is 2. The van der Waals surface area contributed by atoms with Crippen molar-refractivity contribution in [2.75, 3.05) is 18.0 Å². The number of benzene rings is 2. The van der Waals surface area contributed by atoms with Crippen molar-refractivity contribution in [3.05, 3.63) is 53.8 Å². The van der Waals surface area contributed by atoms with Gasteiger partial charge in [-0.05, 0) is 69.0 Å². The Morgan fingerprint density at radius 2 is 1.88 bits per heavy atom.